The summed E-state index contributed by atoms with van der Waals surface area (Å²) in [7, 11) is 0. The van der Waals surface area contributed by atoms with Crippen molar-refractivity contribution in [1.29, 1.82) is 0 Å². The maximum Gasteiger partial charge on any atom is 0.276 e. The number of aryl methyl sites for hydroxylation is 1. The van der Waals surface area contributed by atoms with Gasteiger partial charge < -0.3 is 5.32 Å². The Kier molecular flexibility index (Phi) is 3.03. The Bertz CT molecular complexity index is 601. The summed E-state index contributed by atoms with van der Waals surface area (Å²) < 4.78 is 1.85. The maximum atomic E-state index is 12.1. The minimum absolute atomic E-state index is 0.177. The third-order valence-corrected chi connectivity index (χ3v) is 3.28. The summed E-state index contributed by atoms with van der Waals surface area (Å²) in [5.41, 5.74) is 2.17. The van der Waals surface area contributed by atoms with E-state index in [1.807, 2.05) is 17.8 Å². The second-order valence-corrected chi connectivity index (χ2v) is 5.01. The molecule has 1 fully saturated rings. The largest absolute Gasteiger partial charge is 0.320 e. The number of rotatable bonds is 4. The Balaban J connectivity index is 1.69. The van der Waals surface area contributed by atoms with Crippen molar-refractivity contribution in [2.45, 2.75) is 26.3 Å². The van der Waals surface area contributed by atoms with Crippen LogP contribution in [0.15, 0.2) is 30.7 Å². The lowest BCUT2D eigenvalue weighted by molar-refractivity contribution is 0.102. The normalized spacial score (nSPS) is 14.4. The maximum absolute atomic E-state index is 12.1. The molecule has 0 aliphatic heterocycles. The molecule has 1 amide bonds. The standard InChI is InChI=1S/C14H16N4O/c1-10-8-15-6-4-12(10)16-14(19)13-5-7-18(17-13)9-11-2-3-11/h4-8,11H,2-3,9H2,1H3,(H,15,16,19). The lowest BCUT2D eigenvalue weighted by Gasteiger charge is -2.05. The van der Waals surface area contributed by atoms with Crippen LogP contribution in [0.2, 0.25) is 0 Å². The molecular weight excluding hydrogens is 240 g/mol. The number of hydrogen-bond acceptors (Lipinski definition) is 3. The van der Waals surface area contributed by atoms with Crippen molar-refractivity contribution in [2.75, 3.05) is 5.32 Å². The molecule has 1 aliphatic rings. The average molecular weight is 256 g/mol. The first-order chi connectivity index (χ1) is 9.22. The second-order valence-electron chi connectivity index (χ2n) is 5.01. The summed E-state index contributed by atoms with van der Waals surface area (Å²) in [6.45, 7) is 2.83. The molecule has 0 radical (unpaired) electrons. The van der Waals surface area contributed by atoms with Gasteiger partial charge in [0.05, 0.1) is 0 Å². The monoisotopic (exact) mass is 256 g/mol. The van der Waals surface area contributed by atoms with Crippen molar-refractivity contribution in [1.82, 2.24) is 14.8 Å². The highest BCUT2D eigenvalue weighted by molar-refractivity contribution is 6.03. The number of carbonyl (C=O) groups excluding carboxylic acids is 1. The van der Waals surface area contributed by atoms with Crippen LogP contribution in [0.4, 0.5) is 5.69 Å². The number of pyridine rings is 1. The quantitative estimate of drug-likeness (QED) is 0.912. The predicted molar refractivity (Wildman–Crippen MR) is 71.9 cm³/mol. The second kappa shape index (κ2) is 4.84. The highest BCUT2D eigenvalue weighted by Crippen LogP contribution is 2.30. The first-order valence-electron chi connectivity index (χ1n) is 6.48. The fourth-order valence-corrected chi connectivity index (χ4v) is 1.95. The van der Waals surface area contributed by atoms with E-state index in [0.717, 1.165) is 23.7 Å². The van der Waals surface area contributed by atoms with Gasteiger partial charge in [-0.25, -0.2) is 0 Å². The van der Waals surface area contributed by atoms with Crippen molar-refractivity contribution < 1.29 is 4.79 Å². The minimum atomic E-state index is -0.177. The van der Waals surface area contributed by atoms with Crippen LogP contribution in [0, 0.1) is 12.8 Å². The highest BCUT2D eigenvalue weighted by atomic mass is 16.1. The molecule has 0 saturated heterocycles. The van der Waals surface area contributed by atoms with E-state index in [9.17, 15) is 4.79 Å². The molecule has 2 aromatic rings. The van der Waals surface area contributed by atoms with Crippen LogP contribution in [-0.4, -0.2) is 20.7 Å². The van der Waals surface area contributed by atoms with Gasteiger partial charge in [0.2, 0.25) is 0 Å². The molecule has 1 N–H and O–H groups in total. The van der Waals surface area contributed by atoms with Gasteiger partial charge in [-0.2, -0.15) is 5.10 Å². The van der Waals surface area contributed by atoms with Crippen LogP contribution in [0.3, 0.4) is 0 Å². The molecule has 0 aromatic carbocycles. The smallest absolute Gasteiger partial charge is 0.276 e. The third kappa shape index (κ3) is 2.81. The van der Waals surface area contributed by atoms with Gasteiger partial charge in [-0.1, -0.05) is 0 Å². The molecule has 5 nitrogen and oxygen atoms in total. The lowest BCUT2D eigenvalue weighted by atomic mass is 10.2. The zero-order chi connectivity index (χ0) is 13.2. The third-order valence-electron chi connectivity index (χ3n) is 3.28. The molecule has 3 rings (SSSR count). The zero-order valence-electron chi connectivity index (χ0n) is 10.8. The van der Waals surface area contributed by atoms with Gasteiger partial charge in [-0.15, -0.1) is 0 Å². The van der Waals surface area contributed by atoms with E-state index in [0.29, 0.717) is 5.69 Å². The van der Waals surface area contributed by atoms with Gasteiger partial charge in [0.25, 0.3) is 5.91 Å². The van der Waals surface area contributed by atoms with Gasteiger partial charge in [0.1, 0.15) is 0 Å². The number of nitrogens with one attached hydrogen (secondary N) is 1. The summed E-state index contributed by atoms with van der Waals surface area (Å²) in [4.78, 5) is 16.1. The Morgan fingerprint density at radius 2 is 2.32 bits per heavy atom. The predicted octanol–water partition coefficient (Wildman–Crippen LogP) is 2.25. The van der Waals surface area contributed by atoms with Crippen LogP contribution < -0.4 is 5.32 Å². The van der Waals surface area contributed by atoms with Crippen molar-refractivity contribution >= 4 is 11.6 Å². The Hall–Kier alpha value is -2.17. The van der Waals surface area contributed by atoms with Crippen molar-refractivity contribution in [3.8, 4) is 0 Å². The molecule has 19 heavy (non-hydrogen) atoms. The summed E-state index contributed by atoms with van der Waals surface area (Å²) in [6, 6.07) is 3.54. The van der Waals surface area contributed by atoms with E-state index < -0.39 is 0 Å². The molecule has 0 spiro atoms. The van der Waals surface area contributed by atoms with Gasteiger partial charge in [0.15, 0.2) is 5.69 Å². The fourth-order valence-electron chi connectivity index (χ4n) is 1.95. The molecule has 98 valence electrons. The van der Waals surface area contributed by atoms with E-state index in [1.54, 1.807) is 24.5 Å². The van der Waals surface area contributed by atoms with Gasteiger partial charge >= 0.3 is 0 Å². The molecule has 2 heterocycles. The molecule has 1 aliphatic carbocycles. The van der Waals surface area contributed by atoms with Crippen LogP contribution in [0.25, 0.3) is 0 Å². The number of carbonyl (C=O) groups is 1. The minimum Gasteiger partial charge on any atom is -0.320 e. The number of nitrogens with zero attached hydrogens (tertiary/aromatic N) is 3. The summed E-state index contributed by atoms with van der Waals surface area (Å²) in [5, 5.41) is 7.16. The summed E-state index contributed by atoms with van der Waals surface area (Å²) in [5.74, 6) is 0.571. The Morgan fingerprint density at radius 1 is 1.47 bits per heavy atom. The van der Waals surface area contributed by atoms with E-state index in [-0.39, 0.29) is 5.91 Å². The first-order valence-corrected chi connectivity index (χ1v) is 6.48. The molecular formula is C14H16N4O. The first kappa shape index (κ1) is 11.9. The van der Waals surface area contributed by atoms with Gasteiger partial charge in [0, 0.05) is 30.8 Å². The van der Waals surface area contributed by atoms with Crippen molar-refractivity contribution in [3.05, 3.63) is 42.0 Å². The van der Waals surface area contributed by atoms with Gasteiger partial charge in [-0.3, -0.25) is 14.5 Å². The fraction of sp³-hybridized carbons (Fsp3) is 0.357. The van der Waals surface area contributed by atoms with E-state index in [4.69, 9.17) is 0 Å². The number of amides is 1. The van der Waals surface area contributed by atoms with Crippen molar-refractivity contribution in [2.24, 2.45) is 5.92 Å². The number of anilines is 1. The highest BCUT2D eigenvalue weighted by Gasteiger charge is 2.22. The zero-order valence-corrected chi connectivity index (χ0v) is 10.8. The topological polar surface area (TPSA) is 59.8 Å². The molecule has 0 bridgehead atoms. The lowest BCUT2D eigenvalue weighted by Crippen LogP contribution is -2.14. The van der Waals surface area contributed by atoms with E-state index in [1.165, 1.54) is 12.8 Å². The summed E-state index contributed by atoms with van der Waals surface area (Å²) in [6.07, 6.45) is 7.80. The van der Waals surface area contributed by atoms with Crippen LogP contribution >= 0.6 is 0 Å². The van der Waals surface area contributed by atoms with Crippen molar-refractivity contribution in [3.63, 3.8) is 0 Å². The molecule has 5 heteroatoms. The molecule has 1 saturated carbocycles. The average Bonchev–Trinajstić information content (AvgIpc) is 3.08. The number of aromatic nitrogens is 3. The molecule has 0 unspecified atom stereocenters. The van der Waals surface area contributed by atoms with Crippen LogP contribution in [-0.2, 0) is 6.54 Å². The van der Waals surface area contributed by atoms with E-state index in [2.05, 4.69) is 15.4 Å². The van der Waals surface area contributed by atoms with Gasteiger partial charge in [-0.05, 0) is 43.4 Å². The summed E-state index contributed by atoms with van der Waals surface area (Å²) >= 11 is 0. The van der Waals surface area contributed by atoms with E-state index >= 15 is 0 Å². The molecule has 0 atom stereocenters. The van der Waals surface area contributed by atoms with Crippen LogP contribution in [0.1, 0.15) is 28.9 Å². The van der Waals surface area contributed by atoms with Crippen LogP contribution in [0.5, 0.6) is 0 Å². The Morgan fingerprint density at radius 3 is 3.05 bits per heavy atom. The Labute approximate surface area is 111 Å². The number of hydrogen-bond donors (Lipinski definition) is 1. The molecule has 2 aromatic heterocycles. The SMILES string of the molecule is Cc1cnccc1NC(=O)c1ccn(CC2CC2)n1.